The minimum absolute atomic E-state index is 0.347. The Morgan fingerprint density at radius 1 is 1.53 bits per heavy atom. The van der Waals surface area contributed by atoms with Crippen LogP contribution in [0.1, 0.15) is 6.42 Å². The Labute approximate surface area is 113 Å². The maximum absolute atomic E-state index is 10.2. The highest BCUT2D eigenvalue weighted by Gasteiger charge is 2.32. The molecule has 5 N–H and O–H groups in total. The van der Waals surface area contributed by atoms with E-state index in [4.69, 9.17) is 10.6 Å². The van der Waals surface area contributed by atoms with Crippen molar-refractivity contribution in [3.05, 3.63) is 11.4 Å². The molecule has 1 aliphatic rings. The van der Waals surface area contributed by atoms with Gasteiger partial charge >= 0.3 is 0 Å². The molecule has 19 heavy (non-hydrogen) atoms. The van der Waals surface area contributed by atoms with E-state index in [2.05, 4.69) is 20.7 Å². The lowest BCUT2D eigenvalue weighted by molar-refractivity contribution is 0.0381. The molecule has 3 rings (SSSR count). The molecule has 2 aromatic rings. The van der Waals surface area contributed by atoms with Gasteiger partial charge in [-0.15, -0.1) is 11.3 Å². The maximum Gasteiger partial charge on any atom is 0.240 e. The molecule has 8 heteroatoms. The number of nitrogens with two attached hydrogens (primary N) is 1. The van der Waals surface area contributed by atoms with Crippen molar-refractivity contribution in [3.8, 4) is 0 Å². The van der Waals surface area contributed by atoms with Crippen molar-refractivity contribution in [1.29, 1.82) is 0 Å². The van der Waals surface area contributed by atoms with Gasteiger partial charge in [-0.05, 0) is 11.4 Å². The highest BCUT2D eigenvalue weighted by atomic mass is 32.1. The summed E-state index contributed by atoms with van der Waals surface area (Å²) in [6.45, 7) is 1.32. The molecule has 1 fully saturated rings. The quantitative estimate of drug-likeness (QED) is 0.479. The van der Waals surface area contributed by atoms with E-state index in [1.165, 1.54) is 11.3 Å². The Morgan fingerprint density at radius 2 is 2.42 bits per heavy atom. The van der Waals surface area contributed by atoms with E-state index in [1.807, 2.05) is 11.4 Å². The first-order chi connectivity index (χ1) is 9.20. The van der Waals surface area contributed by atoms with Crippen LogP contribution in [0.5, 0.6) is 0 Å². The molecule has 1 atom stereocenters. The Bertz CT molecular complexity index is 581. The average Bonchev–Trinajstić information content (AvgIpc) is 3.04. The topological polar surface area (TPSA) is 105 Å². The molecule has 1 saturated heterocycles. The molecule has 0 aromatic carbocycles. The predicted molar refractivity (Wildman–Crippen MR) is 74.1 cm³/mol. The molecule has 0 aliphatic carbocycles. The molecule has 0 spiro atoms. The second-order valence-corrected chi connectivity index (χ2v) is 5.45. The number of aliphatic hydroxyl groups is 1. The monoisotopic (exact) mass is 281 g/mol. The molecule has 0 saturated carbocycles. The molecular formula is C11H15N5O2S. The van der Waals surface area contributed by atoms with E-state index in [-0.39, 0.29) is 0 Å². The van der Waals surface area contributed by atoms with Gasteiger partial charge in [0, 0.05) is 19.6 Å². The summed E-state index contributed by atoms with van der Waals surface area (Å²) < 4.78 is 5.21. The standard InChI is InChI=1S/C11H15N5O2S/c12-16-10-14-8(7-1-4-19-9(7)15-10)13-5-11(17)2-3-18-6-11/h1,4,17H,2-3,5-6,12H2,(H2,13,14,15,16). The summed E-state index contributed by atoms with van der Waals surface area (Å²) in [5.41, 5.74) is 1.61. The predicted octanol–water partition coefficient (Wildman–Crippen LogP) is 0.540. The first-order valence-corrected chi connectivity index (χ1v) is 6.84. The summed E-state index contributed by atoms with van der Waals surface area (Å²) in [4.78, 5) is 9.38. The first-order valence-electron chi connectivity index (χ1n) is 5.96. The maximum atomic E-state index is 10.2. The van der Waals surface area contributed by atoms with Crippen LogP contribution in [-0.2, 0) is 4.74 Å². The fraction of sp³-hybridized carbons (Fsp3) is 0.455. The molecule has 0 radical (unpaired) electrons. The number of nitrogen functional groups attached to an aromatic ring is 1. The fourth-order valence-corrected chi connectivity index (χ4v) is 2.80. The van der Waals surface area contributed by atoms with Gasteiger partial charge in [-0.3, -0.25) is 5.43 Å². The zero-order chi connectivity index (χ0) is 13.3. The summed E-state index contributed by atoms with van der Waals surface area (Å²) in [5, 5.41) is 16.3. The van der Waals surface area contributed by atoms with E-state index >= 15 is 0 Å². The van der Waals surface area contributed by atoms with Gasteiger partial charge in [0.05, 0.1) is 12.0 Å². The average molecular weight is 281 g/mol. The third-order valence-corrected chi connectivity index (χ3v) is 3.93. The molecule has 0 bridgehead atoms. The molecule has 0 amide bonds. The summed E-state index contributed by atoms with van der Waals surface area (Å²) in [6.07, 6.45) is 0.625. The normalized spacial score (nSPS) is 22.8. The number of rotatable bonds is 4. The van der Waals surface area contributed by atoms with Crippen molar-refractivity contribution in [2.24, 2.45) is 5.84 Å². The van der Waals surface area contributed by atoms with Crippen LogP contribution >= 0.6 is 11.3 Å². The lowest BCUT2D eigenvalue weighted by Crippen LogP contribution is -2.37. The second kappa shape index (κ2) is 4.89. The van der Waals surface area contributed by atoms with Gasteiger partial charge in [-0.2, -0.15) is 4.98 Å². The summed E-state index contributed by atoms with van der Waals surface area (Å²) in [5.74, 6) is 6.38. The van der Waals surface area contributed by atoms with Crippen LogP contribution in [0.4, 0.5) is 11.8 Å². The van der Waals surface area contributed by atoms with Crippen LogP contribution in [0.2, 0.25) is 0 Å². The van der Waals surface area contributed by atoms with Gasteiger partial charge < -0.3 is 15.2 Å². The Hall–Kier alpha value is -1.48. The van der Waals surface area contributed by atoms with Crippen LogP contribution in [0.15, 0.2) is 11.4 Å². The smallest absolute Gasteiger partial charge is 0.240 e. The number of fused-ring (bicyclic) bond motifs is 1. The number of thiophene rings is 1. The third kappa shape index (κ3) is 2.47. The van der Waals surface area contributed by atoms with Crippen LogP contribution in [0, 0.1) is 0 Å². The van der Waals surface area contributed by atoms with E-state index in [0.29, 0.717) is 37.9 Å². The zero-order valence-electron chi connectivity index (χ0n) is 10.2. The number of ether oxygens (including phenoxy) is 1. The van der Waals surface area contributed by atoms with Gasteiger partial charge in [-0.1, -0.05) is 0 Å². The van der Waals surface area contributed by atoms with Crippen molar-refractivity contribution < 1.29 is 9.84 Å². The number of aromatic nitrogens is 2. The van der Waals surface area contributed by atoms with E-state index in [0.717, 1.165) is 10.2 Å². The van der Waals surface area contributed by atoms with Crippen LogP contribution in [0.3, 0.4) is 0 Å². The van der Waals surface area contributed by atoms with E-state index in [1.54, 1.807) is 0 Å². The largest absolute Gasteiger partial charge is 0.386 e. The first kappa shape index (κ1) is 12.5. The molecule has 1 aliphatic heterocycles. The molecular weight excluding hydrogens is 266 g/mol. The number of nitrogens with one attached hydrogen (secondary N) is 2. The Morgan fingerprint density at radius 3 is 3.16 bits per heavy atom. The zero-order valence-corrected chi connectivity index (χ0v) is 11.0. The highest BCUT2D eigenvalue weighted by molar-refractivity contribution is 7.16. The summed E-state index contributed by atoms with van der Waals surface area (Å²) in [7, 11) is 0. The molecule has 7 nitrogen and oxygen atoms in total. The van der Waals surface area contributed by atoms with Crippen molar-refractivity contribution in [2.45, 2.75) is 12.0 Å². The van der Waals surface area contributed by atoms with Crippen molar-refractivity contribution in [2.75, 3.05) is 30.5 Å². The molecule has 3 heterocycles. The Kier molecular flexibility index (Phi) is 3.23. The van der Waals surface area contributed by atoms with E-state index < -0.39 is 5.60 Å². The number of anilines is 2. The lowest BCUT2D eigenvalue weighted by Gasteiger charge is -2.21. The SMILES string of the molecule is NNc1nc(NCC2(O)CCOC2)c2ccsc2n1. The number of hydrogen-bond acceptors (Lipinski definition) is 8. The van der Waals surface area contributed by atoms with E-state index in [9.17, 15) is 5.11 Å². The molecule has 2 aromatic heterocycles. The Balaban J connectivity index is 1.85. The lowest BCUT2D eigenvalue weighted by atomic mass is 10.0. The van der Waals surface area contributed by atoms with Crippen LogP contribution in [0.25, 0.3) is 10.2 Å². The second-order valence-electron chi connectivity index (χ2n) is 4.56. The number of hydrazine groups is 1. The summed E-state index contributed by atoms with van der Waals surface area (Å²) >= 11 is 1.51. The number of nitrogens with zero attached hydrogens (tertiary/aromatic N) is 2. The molecule has 102 valence electrons. The minimum atomic E-state index is -0.830. The van der Waals surface area contributed by atoms with Gasteiger partial charge in [0.25, 0.3) is 0 Å². The van der Waals surface area contributed by atoms with Crippen molar-refractivity contribution in [3.63, 3.8) is 0 Å². The van der Waals surface area contributed by atoms with Gasteiger partial charge in [0.2, 0.25) is 5.95 Å². The summed E-state index contributed by atoms with van der Waals surface area (Å²) in [6, 6.07) is 1.94. The molecule has 1 unspecified atom stereocenters. The van der Waals surface area contributed by atoms with Crippen LogP contribution in [-0.4, -0.2) is 40.4 Å². The van der Waals surface area contributed by atoms with Gasteiger partial charge in [-0.25, -0.2) is 10.8 Å². The van der Waals surface area contributed by atoms with Gasteiger partial charge in [0.15, 0.2) is 0 Å². The van der Waals surface area contributed by atoms with Crippen LogP contribution < -0.4 is 16.6 Å². The fourth-order valence-electron chi connectivity index (χ4n) is 2.04. The minimum Gasteiger partial charge on any atom is -0.386 e. The highest BCUT2D eigenvalue weighted by Crippen LogP contribution is 2.27. The third-order valence-electron chi connectivity index (χ3n) is 3.12. The van der Waals surface area contributed by atoms with Crippen molar-refractivity contribution in [1.82, 2.24) is 9.97 Å². The van der Waals surface area contributed by atoms with Crippen molar-refractivity contribution >= 4 is 33.3 Å². The number of hydrogen-bond donors (Lipinski definition) is 4. The van der Waals surface area contributed by atoms with Gasteiger partial charge in [0.1, 0.15) is 16.2 Å².